The molecule has 0 aliphatic carbocycles. The van der Waals surface area contributed by atoms with Gasteiger partial charge in [0.2, 0.25) is 0 Å². The average Bonchev–Trinajstić information content (AvgIpc) is 2.53. The molecule has 0 amide bonds. The third-order valence-electron chi connectivity index (χ3n) is 4.30. The van der Waals surface area contributed by atoms with Crippen molar-refractivity contribution in [1.29, 1.82) is 5.41 Å². The van der Waals surface area contributed by atoms with Gasteiger partial charge in [-0.3, -0.25) is 5.41 Å². The van der Waals surface area contributed by atoms with Gasteiger partial charge in [-0.1, -0.05) is 49.7 Å². The first kappa shape index (κ1) is 16.5. The average molecular weight is 317 g/mol. The standard InChI is InChI=1S/C17H21ClN4/c1-3-17(2,10-19)12-6-4-5-11(9-12)13-7-8-22-16(21)14(13)15(18)20/h4-9,20H,3,10,19H2,1-2H3,(H2,21,22). The number of benzene rings is 1. The minimum Gasteiger partial charge on any atom is -0.383 e. The Balaban J connectivity index is 2.61. The van der Waals surface area contributed by atoms with E-state index in [4.69, 9.17) is 28.5 Å². The van der Waals surface area contributed by atoms with Crippen LogP contribution in [0.15, 0.2) is 36.5 Å². The Morgan fingerprint density at radius 1 is 1.36 bits per heavy atom. The van der Waals surface area contributed by atoms with Gasteiger partial charge in [0.1, 0.15) is 11.0 Å². The van der Waals surface area contributed by atoms with Gasteiger partial charge in [-0.25, -0.2) is 4.98 Å². The topological polar surface area (TPSA) is 88.8 Å². The molecule has 0 aliphatic heterocycles. The first-order valence-corrected chi connectivity index (χ1v) is 7.60. The van der Waals surface area contributed by atoms with Crippen LogP contribution in [0.5, 0.6) is 0 Å². The van der Waals surface area contributed by atoms with Gasteiger partial charge in [-0.2, -0.15) is 0 Å². The van der Waals surface area contributed by atoms with Crippen LogP contribution in [0, 0.1) is 5.41 Å². The molecule has 2 rings (SSSR count). The second-order valence-electron chi connectivity index (χ2n) is 5.63. The van der Waals surface area contributed by atoms with E-state index in [-0.39, 0.29) is 16.4 Å². The SMILES string of the molecule is CCC(C)(CN)c1cccc(-c2ccnc(N)c2C(=N)Cl)c1. The number of nitrogen functional groups attached to an aromatic ring is 1. The molecule has 1 heterocycles. The highest BCUT2D eigenvalue weighted by Crippen LogP contribution is 2.32. The van der Waals surface area contributed by atoms with Crippen molar-refractivity contribution in [3.05, 3.63) is 47.7 Å². The fraction of sp³-hybridized carbons (Fsp3) is 0.294. The summed E-state index contributed by atoms with van der Waals surface area (Å²) in [5.41, 5.74) is 15.2. The minimum atomic E-state index is -0.108. The number of rotatable bonds is 5. The number of anilines is 1. The Hall–Kier alpha value is -1.91. The van der Waals surface area contributed by atoms with E-state index in [2.05, 4.69) is 31.0 Å². The number of hydrogen-bond acceptors (Lipinski definition) is 4. The summed E-state index contributed by atoms with van der Waals surface area (Å²) < 4.78 is 0. The van der Waals surface area contributed by atoms with Gasteiger partial charge >= 0.3 is 0 Å². The van der Waals surface area contributed by atoms with E-state index in [1.54, 1.807) is 6.20 Å². The number of nitrogens with zero attached hydrogens (tertiary/aromatic N) is 1. The molecule has 2 aromatic rings. The van der Waals surface area contributed by atoms with Crippen molar-refractivity contribution < 1.29 is 0 Å². The molecule has 5 heteroatoms. The van der Waals surface area contributed by atoms with Crippen LogP contribution >= 0.6 is 11.6 Å². The zero-order valence-corrected chi connectivity index (χ0v) is 13.6. The molecule has 116 valence electrons. The molecule has 0 aliphatic rings. The lowest BCUT2D eigenvalue weighted by Gasteiger charge is -2.27. The molecule has 0 fully saturated rings. The van der Waals surface area contributed by atoms with E-state index in [1.165, 1.54) is 0 Å². The van der Waals surface area contributed by atoms with Crippen LogP contribution in [0.4, 0.5) is 5.82 Å². The van der Waals surface area contributed by atoms with E-state index in [0.29, 0.717) is 12.1 Å². The van der Waals surface area contributed by atoms with Crippen molar-refractivity contribution in [1.82, 2.24) is 4.98 Å². The maximum Gasteiger partial charge on any atom is 0.134 e. The Morgan fingerprint density at radius 2 is 2.09 bits per heavy atom. The number of halogens is 1. The van der Waals surface area contributed by atoms with Crippen LogP contribution < -0.4 is 11.5 Å². The summed E-state index contributed by atoms with van der Waals surface area (Å²) in [5.74, 6) is 0.264. The summed E-state index contributed by atoms with van der Waals surface area (Å²) >= 11 is 5.89. The Labute approximate surface area is 136 Å². The van der Waals surface area contributed by atoms with Crippen LogP contribution in [0.1, 0.15) is 31.4 Å². The van der Waals surface area contributed by atoms with Crippen LogP contribution in [0.25, 0.3) is 11.1 Å². The predicted molar refractivity (Wildman–Crippen MR) is 93.5 cm³/mol. The molecule has 1 aromatic heterocycles. The summed E-state index contributed by atoms with van der Waals surface area (Å²) in [6, 6.07) is 9.97. The first-order valence-electron chi connectivity index (χ1n) is 7.23. The number of nitrogens with one attached hydrogen (secondary N) is 1. The normalized spacial score (nSPS) is 13.6. The molecule has 5 N–H and O–H groups in total. The lowest BCUT2D eigenvalue weighted by Crippen LogP contribution is -2.30. The van der Waals surface area contributed by atoms with Crippen molar-refractivity contribution in [2.24, 2.45) is 5.73 Å². The Kier molecular flexibility index (Phi) is 4.84. The predicted octanol–water partition coefficient (Wildman–Crippen LogP) is 3.52. The zero-order chi connectivity index (χ0) is 16.3. The number of nitrogens with two attached hydrogens (primary N) is 2. The smallest absolute Gasteiger partial charge is 0.134 e. The van der Waals surface area contributed by atoms with E-state index >= 15 is 0 Å². The molecule has 0 saturated carbocycles. The highest BCUT2D eigenvalue weighted by molar-refractivity contribution is 6.69. The summed E-state index contributed by atoms with van der Waals surface area (Å²) in [5, 5.41) is 7.63. The summed E-state index contributed by atoms with van der Waals surface area (Å²) in [6.45, 7) is 4.85. The molecule has 0 spiro atoms. The lowest BCUT2D eigenvalue weighted by atomic mass is 9.79. The van der Waals surface area contributed by atoms with Crippen molar-refractivity contribution in [2.45, 2.75) is 25.7 Å². The highest BCUT2D eigenvalue weighted by Gasteiger charge is 2.23. The van der Waals surface area contributed by atoms with Crippen molar-refractivity contribution >= 4 is 22.6 Å². The maximum atomic E-state index is 7.74. The maximum absolute atomic E-state index is 7.74. The van der Waals surface area contributed by atoms with Crippen LogP contribution in [0.3, 0.4) is 0 Å². The zero-order valence-electron chi connectivity index (χ0n) is 12.9. The van der Waals surface area contributed by atoms with Crippen LogP contribution in [-0.4, -0.2) is 16.7 Å². The van der Waals surface area contributed by atoms with E-state index < -0.39 is 0 Å². The van der Waals surface area contributed by atoms with Crippen LogP contribution in [-0.2, 0) is 5.41 Å². The van der Waals surface area contributed by atoms with E-state index in [0.717, 1.165) is 23.1 Å². The summed E-state index contributed by atoms with van der Waals surface area (Å²) in [7, 11) is 0. The van der Waals surface area contributed by atoms with Gasteiger partial charge in [0.05, 0.1) is 5.56 Å². The Bertz CT molecular complexity index is 693. The van der Waals surface area contributed by atoms with Gasteiger partial charge in [-0.05, 0) is 29.2 Å². The highest BCUT2D eigenvalue weighted by atomic mass is 35.5. The lowest BCUT2D eigenvalue weighted by molar-refractivity contribution is 0.467. The second kappa shape index (κ2) is 6.46. The van der Waals surface area contributed by atoms with Gasteiger partial charge in [0, 0.05) is 18.2 Å². The third-order valence-corrected chi connectivity index (χ3v) is 4.49. The molecular formula is C17H21ClN4. The second-order valence-corrected chi connectivity index (χ2v) is 6.01. The molecule has 1 atom stereocenters. The van der Waals surface area contributed by atoms with Crippen molar-refractivity contribution in [3.8, 4) is 11.1 Å². The molecular weight excluding hydrogens is 296 g/mol. The minimum absolute atomic E-state index is 0.0801. The van der Waals surface area contributed by atoms with E-state index in [9.17, 15) is 0 Å². The Morgan fingerprint density at radius 3 is 2.68 bits per heavy atom. The van der Waals surface area contributed by atoms with E-state index in [1.807, 2.05) is 18.2 Å². The molecule has 22 heavy (non-hydrogen) atoms. The fourth-order valence-electron chi connectivity index (χ4n) is 2.48. The van der Waals surface area contributed by atoms with Gasteiger partial charge < -0.3 is 11.5 Å². The molecule has 0 radical (unpaired) electrons. The third kappa shape index (κ3) is 2.98. The molecule has 4 nitrogen and oxygen atoms in total. The number of hydrogen-bond donors (Lipinski definition) is 3. The molecule has 1 unspecified atom stereocenters. The summed E-state index contributed by atoms with van der Waals surface area (Å²) in [6.07, 6.45) is 2.58. The van der Waals surface area contributed by atoms with Crippen LogP contribution in [0.2, 0.25) is 0 Å². The number of pyridine rings is 1. The van der Waals surface area contributed by atoms with Gasteiger partial charge in [-0.15, -0.1) is 0 Å². The van der Waals surface area contributed by atoms with Crippen molar-refractivity contribution in [3.63, 3.8) is 0 Å². The monoisotopic (exact) mass is 316 g/mol. The fourth-order valence-corrected chi connectivity index (χ4v) is 2.68. The molecule has 1 aromatic carbocycles. The largest absolute Gasteiger partial charge is 0.383 e. The summed E-state index contributed by atoms with van der Waals surface area (Å²) in [4.78, 5) is 4.02. The van der Waals surface area contributed by atoms with Gasteiger partial charge in [0.25, 0.3) is 0 Å². The molecule has 0 bridgehead atoms. The van der Waals surface area contributed by atoms with Gasteiger partial charge in [0.15, 0.2) is 0 Å². The van der Waals surface area contributed by atoms with Crippen molar-refractivity contribution in [2.75, 3.05) is 12.3 Å². The first-order chi connectivity index (χ1) is 10.4. The molecule has 0 saturated heterocycles. The quantitative estimate of drug-likeness (QED) is 0.737. The number of aromatic nitrogens is 1.